The molecular formula is C11H23IOSi. The van der Waals surface area contributed by atoms with Gasteiger partial charge < -0.3 is 4.43 Å². The third-order valence-corrected chi connectivity index (χ3v) is 7.86. The summed E-state index contributed by atoms with van der Waals surface area (Å²) >= 11 is 2.27. The Morgan fingerprint density at radius 2 is 1.86 bits per heavy atom. The van der Waals surface area contributed by atoms with Crippen molar-refractivity contribution in [1.82, 2.24) is 0 Å². The second-order valence-corrected chi connectivity index (χ2v) is 11.7. The van der Waals surface area contributed by atoms with E-state index in [4.69, 9.17) is 4.43 Å². The summed E-state index contributed by atoms with van der Waals surface area (Å²) in [6, 6.07) is 0. The minimum absolute atomic E-state index is 0.299. The molecule has 0 aromatic carbocycles. The molecule has 0 saturated heterocycles. The molecule has 0 aliphatic heterocycles. The molecule has 0 amide bonds. The van der Waals surface area contributed by atoms with Crippen LogP contribution in [0, 0.1) is 0 Å². The molecule has 3 heteroatoms. The predicted molar refractivity (Wildman–Crippen MR) is 75.5 cm³/mol. The molecule has 0 aliphatic rings. The lowest BCUT2D eigenvalue weighted by Gasteiger charge is -2.38. The SMILES string of the molecule is C=C(I)C[C@@H](C)O[Si](C)(C)C(C)(C)C. The van der Waals surface area contributed by atoms with E-state index in [9.17, 15) is 0 Å². The average Bonchev–Trinajstić information content (AvgIpc) is 1.79. The Hall–Kier alpha value is 0.647. The van der Waals surface area contributed by atoms with E-state index in [-0.39, 0.29) is 0 Å². The average molecular weight is 326 g/mol. The highest BCUT2D eigenvalue weighted by molar-refractivity contribution is 14.1. The molecule has 1 atom stereocenters. The van der Waals surface area contributed by atoms with Crippen molar-refractivity contribution in [2.45, 2.75) is 58.4 Å². The van der Waals surface area contributed by atoms with Gasteiger partial charge in [0.15, 0.2) is 8.32 Å². The summed E-state index contributed by atoms with van der Waals surface area (Å²) in [5.41, 5.74) is 0. The summed E-state index contributed by atoms with van der Waals surface area (Å²) in [6.07, 6.45) is 1.27. The Labute approximate surface area is 104 Å². The van der Waals surface area contributed by atoms with Crippen LogP contribution in [0.3, 0.4) is 0 Å². The van der Waals surface area contributed by atoms with Crippen LogP contribution in [-0.4, -0.2) is 14.4 Å². The molecule has 0 radical (unpaired) electrons. The van der Waals surface area contributed by atoms with Gasteiger partial charge in [-0.05, 0) is 51.2 Å². The van der Waals surface area contributed by atoms with E-state index in [0.717, 1.165) is 6.42 Å². The van der Waals surface area contributed by atoms with E-state index in [2.05, 4.69) is 70.0 Å². The quantitative estimate of drug-likeness (QED) is 0.536. The Balaban J connectivity index is 4.29. The lowest BCUT2D eigenvalue weighted by molar-refractivity contribution is 0.202. The Kier molecular flexibility index (Phi) is 5.36. The lowest BCUT2D eigenvalue weighted by Crippen LogP contribution is -2.43. The van der Waals surface area contributed by atoms with Gasteiger partial charge in [-0.2, -0.15) is 0 Å². The highest BCUT2D eigenvalue weighted by Crippen LogP contribution is 2.37. The van der Waals surface area contributed by atoms with Gasteiger partial charge in [0.25, 0.3) is 0 Å². The van der Waals surface area contributed by atoms with Crippen LogP contribution in [-0.2, 0) is 4.43 Å². The number of hydrogen-bond donors (Lipinski definition) is 0. The minimum Gasteiger partial charge on any atom is -0.414 e. The second kappa shape index (κ2) is 5.12. The van der Waals surface area contributed by atoms with Crippen molar-refractivity contribution in [3.63, 3.8) is 0 Å². The zero-order valence-electron chi connectivity index (χ0n) is 10.3. The molecule has 1 nitrogen and oxygen atoms in total. The van der Waals surface area contributed by atoms with E-state index in [1.54, 1.807) is 0 Å². The monoisotopic (exact) mass is 326 g/mol. The van der Waals surface area contributed by atoms with E-state index in [0.29, 0.717) is 11.1 Å². The molecule has 0 aromatic heterocycles. The molecule has 0 fully saturated rings. The molecule has 0 rings (SSSR count). The fourth-order valence-corrected chi connectivity index (χ4v) is 3.10. The smallest absolute Gasteiger partial charge is 0.192 e. The Morgan fingerprint density at radius 3 is 2.14 bits per heavy atom. The summed E-state index contributed by atoms with van der Waals surface area (Å²) in [7, 11) is -1.58. The van der Waals surface area contributed by atoms with Gasteiger partial charge in [-0.25, -0.2) is 0 Å². The molecule has 0 aromatic rings. The van der Waals surface area contributed by atoms with Crippen molar-refractivity contribution in [2.24, 2.45) is 0 Å². The fourth-order valence-electron chi connectivity index (χ4n) is 1.03. The maximum absolute atomic E-state index is 6.19. The van der Waals surface area contributed by atoms with Crippen LogP contribution in [0.1, 0.15) is 34.1 Å². The summed E-state index contributed by atoms with van der Waals surface area (Å²) < 4.78 is 7.36. The fraction of sp³-hybridized carbons (Fsp3) is 0.818. The van der Waals surface area contributed by atoms with Gasteiger partial charge in [0.1, 0.15) is 0 Å². The van der Waals surface area contributed by atoms with Crippen molar-refractivity contribution in [3.8, 4) is 0 Å². The largest absolute Gasteiger partial charge is 0.414 e. The molecule has 0 saturated carbocycles. The molecule has 0 bridgehead atoms. The van der Waals surface area contributed by atoms with Gasteiger partial charge in [0.05, 0.1) is 0 Å². The van der Waals surface area contributed by atoms with Crippen LogP contribution in [0.5, 0.6) is 0 Å². The van der Waals surface area contributed by atoms with Crippen LogP contribution in [0.4, 0.5) is 0 Å². The molecule has 84 valence electrons. The highest BCUT2D eigenvalue weighted by Gasteiger charge is 2.38. The van der Waals surface area contributed by atoms with Gasteiger partial charge in [-0.15, -0.1) is 0 Å². The van der Waals surface area contributed by atoms with E-state index < -0.39 is 8.32 Å². The van der Waals surface area contributed by atoms with Gasteiger partial charge in [-0.3, -0.25) is 0 Å². The van der Waals surface area contributed by atoms with Gasteiger partial charge in [0, 0.05) is 12.5 Å². The van der Waals surface area contributed by atoms with Crippen LogP contribution >= 0.6 is 22.6 Å². The van der Waals surface area contributed by atoms with Crippen LogP contribution in [0.2, 0.25) is 18.1 Å². The van der Waals surface area contributed by atoms with Gasteiger partial charge >= 0.3 is 0 Å². The topological polar surface area (TPSA) is 9.23 Å². The zero-order valence-corrected chi connectivity index (χ0v) is 13.4. The van der Waals surface area contributed by atoms with E-state index in [1.165, 1.54) is 3.58 Å². The molecule has 0 unspecified atom stereocenters. The predicted octanol–water partition coefficient (Wildman–Crippen LogP) is 4.74. The van der Waals surface area contributed by atoms with Crippen molar-refractivity contribution in [3.05, 3.63) is 10.2 Å². The Bertz CT molecular complexity index is 206. The number of hydrogen-bond acceptors (Lipinski definition) is 1. The second-order valence-electron chi connectivity index (χ2n) is 5.41. The van der Waals surface area contributed by atoms with Crippen molar-refractivity contribution in [2.75, 3.05) is 0 Å². The zero-order chi connectivity index (χ0) is 11.6. The Morgan fingerprint density at radius 1 is 1.43 bits per heavy atom. The first kappa shape index (κ1) is 14.6. The van der Waals surface area contributed by atoms with Crippen LogP contribution in [0.25, 0.3) is 0 Å². The van der Waals surface area contributed by atoms with Gasteiger partial charge in [0.2, 0.25) is 0 Å². The molecule has 14 heavy (non-hydrogen) atoms. The normalized spacial score (nSPS) is 15.4. The molecule has 0 heterocycles. The van der Waals surface area contributed by atoms with E-state index >= 15 is 0 Å². The maximum Gasteiger partial charge on any atom is 0.192 e. The first-order valence-corrected chi connectivity index (χ1v) is 9.06. The minimum atomic E-state index is -1.58. The van der Waals surface area contributed by atoms with Gasteiger partial charge in [-0.1, -0.05) is 27.4 Å². The summed E-state index contributed by atoms with van der Waals surface area (Å²) in [5.74, 6) is 0. The van der Waals surface area contributed by atoms with Crippen LogP contribution in [0.15, 0.2) is 10.2 Å². The summed E-state index contributed by atoms with van der Waals surface area (Å²) in [4.78, 5) is 0. The van der Waals surface area contributed by atoms with Crippen molar-refractivity contribution < 1.29 is 4.43 Å². The number of halogens is 1. The van der Waals surface area contributed by atoms with Crippen molar-refractivity contribution >= 4 is 30.9 Å². The third kappa shape index (κ3) is 4.93. The lowest BCUT2D eigenvalue weighted by atomic mass is 10.2. The van der Waals surface area contributed by atoms with Crippen molar-refractivity contribution in [1.29, 1.82) is 0 Å². The molecule has 0 N–H and O–H groups in total. The van der Waals surface area contributed by atoms with E-state index in [1.807, 2.05) is 0 Å². The summed E-state index contributed by atoms with van der Waals surface area (Å²) in [5, 5.41) is 0.299. The number of rotatable bonds is 4. The molecule has 0 aliphatic carbocycles. The molecular weight excluding hydrogens is 303 g/mol. The van der Waals surface area contributed by atoms with Crippen LogP contribution < -0.4 is 0 Å². The molecule has 0 spiro atoms. The summed E-state index contributed by atoms with van der Waals surface area (Å²) in [6.45, 7) is 17.4. The third-order valence-electron chi connectivity index (χ3n) is 2.81. The maximum atomic E-state index is 6.19. The first-order valence-electron chi connectivity index (χ1n) is 5.07. The highest BCUT2D eigenvalue weighted by atomic mass is 127. The standard InChI is InChI=1S/C11H23IOSi/c1-9(12)8-10(2)13-14(6,7)11(3,4)5/h10H,1,8H2,2-7H3/t10-/m1/s1. The first-order chi connectivity index (χ1) is 6.06.